The maximum atomic E-state index is 11.6. The van der Waals surface area contributed by atoms with E-state index in [1.165, 1.54) is 0 Å². The van der Waals surface area contributed by atoms with E-state index in [9.17, 15) is 9.59 Å². The minimum absolute atomic E-state index is 0.111. The van der Waals surface area contributed by atoms with E-state index in [2.05, 4.69) is 5.32 Å². The van der Waals surface area contributed by atoms with E-state index < -0.39 is 5.97 Å². The largest absolute Gasteiger partial charge is 0.481 e. The van der Waals surface area contributed by atoms with Gasteiger partial charge in [-0.3, -0.25) is 4.79 Å². The SMILES string of the molecule is O=C(O)CC1CN(C(=O)NCc2ccsc2)C1. The number of hydrogen-bond acceptors (Lipinski definition) is 3. The number of carbonyl (C=O) groups is 2. The molecule has 0 radical (unpaired) electrons. The molecule has 6 heteroatoms. The second kappa shape index (κ2) is 5.18. The minimum Gasteiger partial charge on any atom is -0.481 e. The maximum absolute atomic E-state index is 11.6. The van der Waals surface area contributed by atoms with Crippen molar-refractivity contribution in [1.29, 1.82) is 0 Å². The Labute approximate surface area is 103 Å². The molecule has 1 aliphatic heterocycles. The lowest BCUT2D eigenvalue weighted by molar-refractivity contribution is -0.139. The summed E-state index contributed by atoms with van der Waals surface area (Å²) in [6.45, 7) is 1.62. The van der Waals surface area contributed by atoms with Crippen LogP contribution in [0.25, 0.3) is 0 Å². The Morgan fingerprint density at radius 2 is 2.29 bits per heavy atom. The average molecular weight is 254 g/mol. The van der Waals surface area contributed by atoms with E-state index in [1.807, 2.05) is 16.8 Å². The number of carboxylic acids is 1. The Bertz CT molecular complexity index is 399. The first-order chi connectivity index (χ1) is 8.15. The van der Waals surface area contributed by atoms with Crippen LogP contribution < -0.4 is 5.32 Å². The zero-order valence-corrected chi connectivity index (χ0v) is 10.1. The fourth-order valence-corrected chi connectivity index (χ4v) is 2.46. The van der Waals surface area contributed by atoms with Crippen LogP contribution in [0.2, 0.25) is 0 Å². The zero-order valence-electron chi connectivity index (χ0n) is 9.26. The topological polar surface area (TPSA) is 69.6 Å². The van der Waals surface area contributed by atoms with Crippen LogP contribution in [0.1, 0.15) is 12.0 Å². The summed E-state index contributed by atoms with van der Waals surface area (Å²) in [6.07, 6.45) is 0.147. The molecule has 17 heavy (non-hydrogen) atoms. The molecule has 1 saturated heterocycles. The van der Waals surface area contributed by atoms with Crippen molar-refractivity contribution in [2.75, 3.05) is 13.1 Å². The number of urea groups is 1. The van der Waals surface area contributed by atoms with E-state index >= 15 is 0 Å². The summed E-state index contributed by atoms with van der Waals surface area (Å²) in [4.78, 5) is 23.7. The fraction of sp³-hybridized carbons (Fsp3) is 0.455. The summed E-state index contributed by atoms with van der Waals surface area (Å²) in [6, 6.07) is 1.85. The van der Waals surface area contributed by atoms with Crippen molar-refractivity contribution in [3.63, 3.8) is 0 Å². The van der Waals surface area contributed by atoms with Gasteiger partial charge in [-0.15, -0.1) is 0 Å². The molecular formula is C11H14N2O3S. The van der Waals surface area contributed by atoms with E-state index in [0.717, 1.165) is 5.56 Å². The van der Waals surface area contributed by atoms with Crippen LogP contribution >= 0.6 is 11.3 Å². The molecule has 0 aliphatic carbocycles. The lowest BCUT2D eigenvalue weighted by atomic mass is 9.97. The van der Waals surface area contributed by atoms with Gasteiger partial charge in [0.1, 0.15) is 0 Å². The highest BCUT2D eigenvalue weighted by Gasteiger charge is 2.31. The number of carbonyl (C=O) groups excluding carboxylic acids is 1. The van der Waals surface area contributed by atoms with Crippen LogP contribution in [0.3, 0.4) is 0 Å². The van der Waals surface area contributed by atoms with Gasteiger partial charge < -0.3 is 15.3 Å². The molecule has 2 N–H and O–H groups in total. The minimum atomic E-state index is -0.798. The first kappa shape index (κ1) is 11.9. The third-order valence-corrected chi connectivity index (χ3v) is 3.46. The van der Waals surface area contributed by atoms with Gasteiger partial charge in [-0.1, -0.05) is 0 Å². The van der Waals surface area contributed by atoms with Gasteiger partial charge in [-0.05, 0) is 22.4 Å². The lowest BCUT2D eigenvalue weighted by Gasteiger charge is -2.38. The first-order valence-corrected chi connectivity index (χ1v) is 6.35. The van der Waals surface area contributed by atoms with Gasteiger partial charge in [0.05, 0.1) is 6.42 Å². The van der Waals surface area contributed by atoms with Crippen molar-refractivity contribution >= 4 is 23.3 Å². The van der Waals surface area contributed by atoms with E-state index in [1.54, 1.807) is 16.2 Å². The number of thiophene rings is 1. The Morgan fingerprint density at radius 3 is 2.88 bits per heavy atom. The summed E-state index contributed by atoms with van der Waals surface area (Å²) >= 11 is 1.60. The molecule has 0 saturated carbocycles. The Morgan fingerprint density at radius 1 is 1.53 bits per heavy atom. The maximum Gasteiger partial charge on any atom is 0.317 e. The van der Waals surface area contributed by atoms with Gasteiger partial charge in [0, 0.05) is 25.6 Å². The summed E-state index contributed by atoms with van der Waals surface area (Å²) in [7, 11) is 0. The molecule has 0 spiro atoms. The molecule has 2 rings (SSSR count). The van der Waals surface area contributed by atoms with E-state index in [-0.39, 0.29) is 18.4 Å². The quantitative estimate of drug-likeness (QED) is 0.852. The smallest absolute Gasteiger partial charge is 0.317 e. The van der Waals surface area contributed by atoms with Crippen molar-refractivity contribution in [1.82, 2.24) is 10.2 Å². The number of nitrogens with zero attached hydrogens (tertiary/aromatic N) is 1. The Hall–Kier alpha value is -1.56. The van der Waals surface area contributed by atoms with Crippen molar-refractivity contribution in [2.24, 2.45) is 5.92 Å². The normalized spacial score (nSPS) is 15.4. The van der Waals surface area contributed by atoms with Gasteiger partial charge in [0.2, 0.25) is 0 Å². The number of carboxylic acid groups (broad SMARTS) is 1. The molecule has 0 bridgehead atoms. The van der Waals surface area contributed by atoms with Gasteiger partial charge in [-0.25, -0.2) is 4.79 Å². The number of aliphatic carboxylic acids is 1. The van der Waals surface area contributed by atoms with Crippen molar-refractivity contribution in [2.45, 2.75) is 13.0 Å². The van der Waals surface area contributed by atoms with E-state index in [0.29, 0.717) is 19.6 Å². The monoisotopic (exact) mass is 254 g/mol. The number of amides is 2. The molecule has 5 nitrogen and oxygen atoms in total. The van der Waals surface area contributed by atoms with Crippen LogP contribution in [-0.4, -0.2) is 35.1 Å². The molecule has 1 aromatic heterocycles. The van der Waals surface area contributed by atoms with Crippen LogP contribution in [0, 0.1) is 5.92 Å². The number of rotatable bonds is 4. The van der Waals surface area contributed by atoms with Crippen molar-refractivity contribution < 1.29 is 14.7 Å². The first-order valence-electron chi connectivity index (χ1n) is 5.41. The molecule has 1 aliphatic rings. The van der Waals surface area contributed by atoms with Crippen LogP contribution in [0.4, 0.5) is 4.79 Å². The third kappa shape index (κ3) is 3.20. The highest BCUT2D eigenvalue weighted by Crippen LogP contribution is 2.18. The predicted octanol–water partition coefficient (Wildman–Crippen LogP) is 1.36. The van der Waals surface area contributed by atoms with Gasteiger partial charge in [0.25, 0.3) is 0 Å². The highest BCUT2D eigenvalue weighted by atomic mass is 32.1. The molecule has 2 heterocycles. The third-order valence-electron chi connectivity index (χ3n) is 2.73. The average Bonchev–Trinajstić information content (AvgIpc) is 2.71. The summed E-state index contributed by atoms with van der Waals surface area (Å²) in [5.74, 6) is -0.687. The fourth-order valence-electron chi connectivity index (χ4n) is 1.79. The van der Waals surface area contributed by atoms with Crippen LogP contribution in [0.5, 0.6) is 0 Å². The second-order valence-electron chi connectivity index (χ2n) is 4.16. The van der Waals surface area contributed by atoms with Gasteiger partial charge in [-0.2, -0.15) is 11.3 Å². The highest BCUT2D eigenvalue weighted by molar-refractivity contribution is 7.07. The molecule has 92 valence electrons. The van der Waals surface area contributed by atoms with Crippen LogP contribution in [-0.2, 0) is 11.3 Å². The standard InChI is InChI=1S/C11H14N2O3S/c14-10(15)3-9-5-13(6-9)11(16)12-4-8-1-2-17-7-8/h1-2,7,9H,3-6H2,(H,12,16)(H,14,15). The summed E-state index contributed by atoms with van der Waals surface area (Å²) in [5.41, 5.74) is 1.09. The number of hydrogen-bond donors (Lipinski definition) is 2. The lowest BCUT2D eigenvalue weighted by Crippen LogP contribution is -2.54. The molecule has 1 aromatic rings. The Balaban J connectivity index is 1.67. The molecular weight excluding hydrogens is 240 g/mol. The number of likely N-dealkylation sites (tertiary alicyclic amines) is 1. The molecule has 0 unspecified atom stereocenters. The summed E-state index contributed by atoms with van der Waals surface area (Å²) < 4.78 is 0. The Kier molecular flexibility index (Phi) is 3.63. The van der Waals surface area contributed by atoms with Crippen LogP contribution in [0.15, 0.2) is 16.8 Å². The zero-order chi connectivity index (χ0) is 12.3. The number of nitrogens with one attached hydrogen (secondary N) is 1. The molecule has 0 aromatic carbocycles. The van der Waals surface area contributed by atoms with Crippen molar-refractivity contribution in [3.05, 3.63) is 22.4 Å². The van der Waals surface area contributed by atoms with Gasteiger partial charge >= 0.3 is 12.0 Å². The van der Waals surface area contributed by atoms with Crippen molar-refractivity contribution in [3.8, 4) is 0 Å². The van der Waals surface area contributed by atoms with E-state index in [4.69, 9.17) is 5.11 Å². The predicted molar refractivity (Wildman–Crippen MR) is 63.9 cm³/mol. The second-order valence-corrected chi connectivity index (χ2v) is 4.94. The molecule has 2 amide bonds. The van der Waals surface area contributed by atoms with Gasteiger partial charge in [0.15, 0.2) is 0 Å². The summed E-state index contributed by atoms with van der Waals surface area (Å²) in [5, 5.41) is 15.3. The molecule has 1 fully saturated rings. The molecule has 0 atom stereocenters.